The normalized spacial score (nSPS) is 12.8. The number of carbonyl (C=O) groups is 1. The predicted octanol–water partition coefficient (Wildman–Crippen LogP) is 2.02. The van der Waals surface area contributed by atoms with Crippen LogP contribution in [0.2, 0.25) is 0 Å². The Bertz CT molecular complexity index is 284. The molecule has 0 aromatic carbocycles. The van der Waals surface area contributed by atoms with Crippen molar-refractivity contribution in [1.29, 1.82) is 0 Å². The molecule has 0 spiro atoms. The fourth-order valence-electron chi connectivity index (χ4n) is 0.769. The molecular weight excluding hydrogens is 244 g/mol. The SMILES string of the molecule is O=C(O)C[C@H](O)c1cc(Br)cs1. The molecule has 1 rings (SSSR count). The largest absolute Gasteiger partial charge is 0.481 e. The molecule has 0 aliphatic carbocycles. The van der Waals surface area contributed by atoms with Crippen LogP contribution in [0.1, 0.15) is 17.4 Å². The van der Waals surface area contributed by atoms with Crippen LogP contribution in [0.5, 0.6) is 0 Å². The maximum atomic E-state index is 10.2. The van der Waals surface area contributed by atoms with E-state index in [2.05, 4.69) is 15.9 Å². The topological polar surface area (TPSA) is 57.5 Å². The second kappa shape index (κ2) is 4.02. The standard InChI is InChI=1S/C7H7BrO3S/c8-4-1-6(12-3-4)5(9)2-7(10)11/h1,3,5,9H,2H2,(H,10,11)/t5-/m0/s1. The first-order chi connectivity index (χ1) is 5.59. The molecular formula is C7H7BrO3S. The van der Waals surface area contributed by atoms with E-state index in [0.717, 1.165) is 4.47 Å². The minimum Gasteiger partial charge on any atom is -0.481 e. The highest BCUT2D eigenvalue weighted by atomic mass is 79.9. The Morgan fingerprint density at radius 3 is 2.83 bits per heavy atom. The Kier molecular flexibility index (Phi) is 3.25. The number of rotatable bonds is 3. The van der Waals surface area contributed by atoms with E-state index in [4.69, 9.17) is 5.11 Å². The van der Waals surface area contributed by atoms with Crippen molar-refractivity contribution in [3.8, 4) is 0 Å². The molecule has 0 aliphatic heterocycles. The molecule has 0 unspecified atom stereocenters. The van der Waals surface area contributed by atoms with Gasteiger partial charge in [0.15, 0.2) is 0 Å². The molecule has 0 radical (unpaired) electrons. The Labute approximate surface area is 81.8 Å². The summed E-state index contributed by atoms with van der Waals surface area (Å²) in [5.74, 6) is -0.993. The van der Waals surface area contributed by atoms with E-state index in [0.29, 0.717) is 4.88 Å². The van der Waals surface area contributed by atoms with Gasteiger partial charge < -0.3 is 10.2 Å². The molecule has 1 aromatic rings. The number of hydrogen-bond donors (Lipinski definition) is 2. The Hall–Kier alpha value is -0.390. The van der Waals surface area contributed by atoms with Crippen molar-refractivity contribution in [1.82, 2.24) is 0 Å². The fourth-order valence-corrected chi connectivity index (χ4v) is 2.20. The summed E-state index contributed by atoms with van der Waals surface area (Å²) in [4.78, 5) is 10.9. The smallest absolute Gasteiger partial charge is 0.306 e. The highest BCUT2D eigenvalue weighted by Crippen LogP contribution is 2.27. The molecule has 0 amide bonds. The van der Waals surface area contributed by atoms with Gasteiger partial charge in [-0.3, -0.25) is 4.79 Å². The number of carboxylic acids is 1. The first kappa shape index (κ1) is 9.70. The van der Waals surface area contributed by atoms with Gasteiger partial charge in [-0.05, 0) is 22.0 Å². The molecule has 0 fully saturated rings. The van der Waals surface area contributed by atoms with E-state index in [9.17, 15) is 9.90 Å². The van der Waals surface area contributed by atoms with Crippen LogP contribution in [0, 0.1) is 0 Å². The summed E-state index contributed by atoms with van der Waals surface area (Å²) in [5.41, 5.74) is 0. The summed E-state index contributed by atoms with van der Waals surface area (Å²) < 4.78 is 0.868. The lowest BCUT2D eigenvalue weighted by Gasteiger charge is -2.02. The minimum atomic E-state index is -0.993. The number of carboxylic acid groups (broad SMARTS) is 1. The molecule has 5 heteroatoms. The van der Waals surface area contributed by atoms with Crippen LogP contribution in [-0.4, -0.2) is 16.2 Å². The Morgan fingerprint density at radius 1 is 1.75 bits per heavy atom. The maximum Gasteiger partial charge on any atom is 0.306 e. The molecule has 1 aromatic heterocycles. The molecule has 0 aliphatic rings. The van der Waals surface area contributed by atoms with Gasteiger partial charge in [0.25, 0.3) is 0 Å². The van der Waals surface area contributed by atoms with E-state index in [1.165, 1.54) is 11.3 Å². The zero-order valence-corrected chi connectivity index (χ0v) is 8.43. The summed E-state index contributed by atoms with van der Waals surface area (Å²) in [7, 11) is 0. The van der Waals surface area contributed by atoms with Crippen molar-refractivity contribution in [3.05, 3.63) is 20.8 Å². The zero-order valence-electron chi connectivity index (χ0n) is 6.03. The lowest BCUT2D eigenvalue weighted by Crippen LogP contribution is -2.03. The van der Waals surface area contributed by atoms with Crippen molar-refractivity contribution in [2.24, 2.45) is 0 Å². The summed E-state index contributed by atoms with van der Waals surface area (Å²) >= 11 is 4.56. The fraction of sp³-hybridized carbons (Fsp3) is 0.286. The molecule has 1 atom stereocenters. The second-order valence-electron chi connectivity index (χ2n) is 2.28. The van der Waals surface area contributed by atoms with Crippen LogP contribution >= 0.6 is 27.3 Å². The van der Waals surface area contributed by atoms with Crippen LogP contribution in [0.15, 0.2) is 15.9 Å². The van der Waals surface area contributed by atoms with E-state index in [-0.39, 0.29) is 6.42 Å². The molecule has 12 heavy (non-hydrogen) atoms. The third-order valence-electron chi connectivity index (χ3n) is 1.28. The number of halogens is 1. The van der Waals surface area contributed by atoms with Gasteiger partial charge in [0.1, 0.15) is 0 Å². The van der Waals surface area contributed by atoms with Gasteiger partial charge in [0, 0.05) is 14.7 Å². The molecule has 2 N–H and O–H groups in total. The van der Waals surface area contributed by atoms with Crippen LogP contribution in [0.3, 0.4) is 0 Å². The molecule has 1 heterocycles. The number of aliphatic hydroxyl groups excluding tert-OH is 1. The third-order valence-corrected chi connectivity index (χ3v) is 3.08. The highest BCUT2D eigenvalue weighted by molar-refractivity contribution is 9.10. The Morgan fingerprint density at radius 2 is 2.42 bits per heavy atom. The van der Waals surface area contributed by atoms with Crippen LogP contribution in [0.25, 0.3) is 0 Å². The third kappa shape index (κ3) is 2.58. The minimum absolute atomic E-state index is 0.243. The van der Waals surface area contributed by atoms with Gasteiger partial charge >= 0.3 is 5.97 Å². The summed E-state index contributed by atoms with van der Waals surface area (Å²) in [6, 6.07) is 1.72. The predicted molar refractivity (Wildman–Crippen MR) is 49.2 cm³/mol. The van der Waals surface area contributed by atoms with Gasteiger partial charge in [-0.15, -0.1) is 11.3 Å². The zero-order chi connectivity index (χ0) is 9.14. The van der Waals surface area contributed by atoms with Gasteiger partial charge in [0.2, 0.25) is 0 Å². The maximum absolute atomic E-state index is 10.2. The number of aliphatic carboxylic acids is 1. The lowest BCUT2D eigenvalue weighted by molar-refractivity contribution is -0.139. The monoisotopic (exact) mass is 250 g/mol. The first-order valence-electron chi connectivity index (χ1n) is 3.23. The summed E-state index contributed by atoms with van der Waals surface area (Å²) in [6.07, 6.45) is -1.13. The molecule has 3 nitrogen and oxygen atoms in total. The molecule has 0 bridgehead atoms. The van der Waals surface area contributed by atoms with Crippen LogP contribution < -0.4 is 0 Å². The van der Waals surface area contributed by atoms with E-state index in [1.807, 2.05) is 0 Å². The van der Waals surface area contributed by atoms with Crippen molar-refractivity contribution in [2.45, 2.75) is 12.5 Å². The van der Waals surface area contributed by atoms with Gasteiger partial charge in [-0.25, -0.2) is 0 Å². The van der Waals surface area contributed by atoms with Crippen molar-refractivity contribution in [2.75, 3.05) is 0 Å². The summed E-state index contributed by atoms with van der Waals surface area (Å²) in [6.45, 7) is 0. The van der Waals surface area contributed by atoms with Crippen molar-refractivity contribution >= 4 is 33.2 Å². The van der Waals surface area contributed by atoms with Crippen molar-refractivity contribution in [3.63, 3.8) is 0 Å². The average molecular weight is 251 g/mol. The van der Waals surface area contributed by atoms with E-state index < -0.39 is 12.1 Å². The molecule has 0 saturated heterocycles. The van der Waals surface area contributed by atoms with Gasteiger partial charge in [0.05, 0.1) is 12.5 Å². The quantitative estimate of drug-likeness (QED) is 0.863. The second-order valence-corrected chi connectivity index (χ2v) is 4.14. The number of aliphatic hydroxyl groups is 1. The molecule has 66 valence electrons. The van der Waals surface area contributed by atoms with Crippen LogP contribution in [0.4, 0.5) is 0 Å². The number of thiophene rings is 1. The average Bonchev–Trinajstić information content (AvgIpc) is 2.34. The Balaban J connectivity index is 2.64. The van der Waals surface area contributed by atoms with Gasteiger partial charge in [-0.1, -0.05) is 0 Å². The van der Waals surface area contributed by atoms with E-state index >= 15 is 0 Å². The first-order valence-corrected chi connectivity index (χ1v) is 4.90. The lowest BCUT2D eigenvalue weighted by atomic mass is 10.2. The van der Waals surface area contributed by atoms with Crippen molar-refractivity contribution < 1.29 is 15.0 Å². The van der Waals surface area contributed by atoms with E-state index in [1.54, 1.807) is 11.4 Å². The van der Waals surface area contributed by atoms with Crippen LogP contribution in [-0.2, 0) is 4.79 Å². The van der Waals surface area contributed by atoms with Gasteiger partial charge in [-0.2, -0.15) is 0 Å². The molecule has 0 saturated carbocycles. The highest BCUT2D eigenvalue weighted by Gasteiger charge is 2.13. The summed E-state index contributed by atoms with van der Waals surface area (Å²) in [5, 5.41) is 19.5. The number of hydrogen-bond acceptors (Lipinski definition) is 3.